The SMILES string of the molecule is CC(C)CCCOC(=O)C1CCCN1C(=O)c1cccc(Br)c1. The van der Waals surface area contributed by atoms with Crippen molar-refractivity contribution < 1.29 is 14.3 Å². The predicted octanol–water partition coefficient (Wildman–Crippen LogP) is 4.03. The van der Waals surface area contributed by atoms with E-state index in [4.69, 9.17) is 4.74 Å². The van der Waals surface area contributed by atoms with E-state index in [9.17, 15) is 9.59 Å². The molecule has 4 nitrogen and oxygen atoms in total. The fourth-order valence-electron chi connectivity index (χ4n) is 2.80. The fourth-order valence-corrected chi connectivity index (χ4v) is 3.20. The Bertz CT molecular complexity index is 559. The van der Waals surface area contributed by atoms with Gasteiger partial charge in [0, 0.05) is 16.6 Å². The predicted molar refractivity (Wildman–Crippen MR) is 93.2 cm³/mol. The lowest BCUT2D eigenvalue weighted by atomic mass is 10.1. The van der Waals surface area contributed by atoms with E-state index >= 15 is 0 Å². The molecule has 0 saturated carbocycles. The van der Waals surface area contributed by atoms with Crippen molar-refractivity contribution in [2.75, 3.05) is 13.2 Å². The van der Waals surface area contributed by atoms with Gasteiger partial charge in [-0.15, -0.1) is 0 Å². The van der Waals surface area contributed by atoms with Crippen LogP contribution in [0.2, 0.25) is 0 Å². The molecule has 1 aliphatic rings. The minimum atomic E-state index is -0.444. The molecular formula is C18H24BrNO3. The standard InChI is InChI=1S/C18H24BrNO3/c1-13(2)6-5-11-23-18(22)16-9-4-10-20(16)17(21)14-7-3-8-15(19)12-14/h3,7-8,12-13,16H,4-6,9-11H2,1-2H3. The molecule has 1 heterocycles. The molecule has 1 amide bonds. The lowest BCUT2D eigenvalue weighted by Crippen LogP contribution is -2.41. The third-order valence-electron chi connectivity index (χ3n) is 4.03. The summed E-state index contributed by atoms with van der Waals surface area (Å²) in [4.78, 5) is 26.6. The Labute approximate surface area is 146 Å². The van der Waals surface area contributed by atoms with Gasteiger partial charge in [0.25, 0.3) is 5.91 Å². The van der Waals surface area contributed by atoms with Crippen molar-refractivity contribution in [1.82, 2.24) is 4.90 Å². The van der Waals surface area contributed by atoms with Gasteiger partial charge in [0.2, 0.25) is 0 Å². The molecule has 1 fully saturated rings. The lowest BCUT2D eigenvalue weighted by molar-refractivity contribution is -0.148. The summed E-state index contributed by atoms with van der Waals surface area (Å²) in [6.07, 6.45) is 3.43. The number of hydrogen-bond acceptors (Lipinski definition) is 3. The summed E-state index contributed by atoms with van der Waals surface area (Å²) in [5, 5.41) is 0. The smallest absolute Gasteiger partial charge is 0.328 e. The van der Waals surface area contributed by atoms with Crippen LogP contribution in [0.15, 0.2) is 28.7 Å². The van der Waals surface area contributed by atoms with Crippen LogP contribution < -0.4 is 0 Å². The number of carbonyl (C=O) groups is 2. The maximum absolute atomic E-state index is 12.6. The van der Waals surface area contributed by atoms with Crippen LogP contribution in [0.1, 0.15) is 49.9 Å². The molecule has 5 heteroatoms. The zero-order chi connectivity index (χ0) is 16.8. The molecule has 23 heavy (non-hydrogen) atoms. The van der Waals surface area contributed by atoms with Gasteiger partial charge >= 0.3 is 5.97 Å². The molecule has 1 aliphatic heterocycles. The molecule has 1 aromatic rings. The molecular weight excluding hydrogens is 358 g/mol. The summed E-state index contributed by atoms with van der Waals surface area (Å²) in [6, 6.07) is 6.82. The van der Waals surface area contributed by atoms with Gasteiger partial charge < -0.3 is 9.64 Å². The lowest BCUT2D eigenvalue weighted by Gasteiger charge is -2.23. The van der Waals surface area contributed by atoms with E-state index in [1.165, 1.54) is 0 Å². The summed E-state index contributed by atoms with van der Waals surface area (Å²) >= 11 is 3.37. The Morgan fingerprint density at radius 1 is 1.39 bits per heavy atom. The summed E-state index contributed by atoms with van der Waals surface area (Å²) < 4.78 is 6.23. The number of likely N-dealkylation sites (tertiary alicyclic amines) is 1. The minimum absolute atomic E-state index is 0.104. The Kier molecular flexibility index (Phi) is 6.63. The molecule has 2 rings (SSSR count). The van der Waals surface area contributed by atoms with Gasteiger partial charge in [-0.05, 0) is 49.8 Å². The number of halogens is 1. The summed E-state index contributed by atoms with van der Waals surface area (Å²) in [6.45, 7) is 5.35. The van der Waals surface area contributed by atoms with Crippen molar-refractivity contribution in [1.29, 1.82) is 0 Å². The molecule has 1 aromatic carbocycles. The van der Waals surface area contributed by atoms with Crippen molar-refractivity contribution in [2.45, 2.75) is 45.6 Å². The van der Waals surface area contributed by atoms with Gasteiger partial charge in [-0.3, -0.25) is 4.79 Å². The maximum Gasteiger partial charge on any atom is 0.328 e. The van der Waals surface area contributed by atoms with E-state index in [1.807, 2.05) is 12.1 Å². The third-order valence-corrected chi connectivity index (χ3v) is 4.52. The molecule has 126 valence electrons. The Morgan fingerprint density at radius 2 is 2.17 bits per heavy atom. The average molecular weight is 382 g/mol. The largest absolute Gasteiger partial charge is 0.464 e. The first kappa shape index (κ1) is 18.0. The van der Waals surface area contributed by atoms with Crippen molar-refractivity contribution >= 4 is 27.8 Å². The molecule has 0 bridgehead atoms. The number of amides is 1. The number of hydrogen-bond donors (Lipinski definition) is 0. The van der Waals surface area contributed by atoms with Gasteiger partial charge in [0.1, 0.15) is 6.04 Å². The van der Waals surface area contributed by atoms with Gasteiger partial charge in [-0.25, -0.2) is 4.79 Å². The second-order valence-electron chi connectivity index (χ2n) is 6.37. The first-order valence-electron chi connectivity index (χ1n) is 8.22. The van der Waals surface area contributed by atoms with Crippen LogP contribution in [0.25, 0.3) is 0 Å². The molecule has 1 atom stereocenters. The number of benzene rings is 1. The first-order chi connectivity index (χ1) is 11.0. The Hall–Kier alpha value is -1.36. The zero-order valence-corrected chi connectivity index (χ0v) is 15.3. The average Bonchev–Trinajstić information content (AvgIpc) is 3.00. The number of carbonyl (C=O) groups excluding carboxylic acids is 2. The van der Waals surface area contributed by atoms with E-state index in [1.54, 1.807) is 17.0 Å². The third kappa shape index (κ3) is 5.06. The quantitative estimate of drug-likeness (QED) is 0.551. The highest BCUT2D eigenvalue weighted by molar-refractivity contribution is 9.10. The molecule has 0 N–H and O–H groups in total. The van der Waals surface area contributed by atoms with Crippen molar-refractivity contribution in [3.05, 3.63) is 34.3 Å². The number of ether oxygens (including phenoxy) is 1. The minimum Gasteiger partial charge on any atom is -0.464 e. The second-order valence-corrected chi connectivity index (χ2v) is 7.29. The molecule has 0 aromatic heterocycles. The topological polar surface area (TPSA) is 46.6 Å². The van der Waals surface area contributed by atoms with Gasteiger partial charge in [-0.2, -0.15) is 0 Å². The highest BCUT2D eigenvalue weighted by atomic mass is 79.9. The molecule has 0 aliphatic carbocycles. The van der Waals surface area contributed by atoms with Crippen LogP contribution in [-0.2, 0) is 9.53 Å². The highest BCUT2D eigenvalue weighted by Crippen LogP contribution is 2.22. The number of nitrogens with zero attached hydrogens (tertiary/aromatic N) is 1. The van der Waals surface area contributed by atoms with Crippen LogP contribution >= 0.6 is 15.9 Å². The van der Waals surface area contributed by atoms with Crippen molar-refractivity contribution in [2.24, 2.45) is 5.92 Å². The van der Waals surface area contributed by atoms with Gasteiger partial charge in [0.05, 0.1) is 6.61 Å². The van der Waals surface area contributed by atoms with E-state index in [2.05, 4.69) is 29.8 Å². The van der Waals surface area contributed by atoms with Crippen molar-refractivity contribution in [3.63, 3.8) is 0 Å². The van der Waals surface area contributed by atoms with E-state index in [0.29, 0.717) is 31.1 Å². The zero-order valence-electron chi connectivity index (χ0n) is 13.8. The molecule has 1 saturated heterocycles. The van der Waals surface area contributed by atoms with E-state index in [-0.39, 0.29) is 11.9 Å². The Morgan fingerprint density at radius 3 is 2.87 bits per heavy atom. The first-order valence-corrected chi connectivity index (χ1v) is 9.01. The normalized spacial score (nSPS) is 17.6. The number of rotatable bonds is 6. The van der Waals surface area contributed by atoms with Crippen LogP contribution in [0.4, 0.5) is 0 Å². The van der Waals surface area contributed by atoms with Gasteiger partial charge in [0.15, 0.2) is 0 Å². The van der Waals surface area contributed by atoms with Crippen LogP contribution in [0.5, 0.6) is 0 Å². The van der Waals surface area contributed by atoms with Gasteiger partial charge in [-0.1, -0.05) is 35.8 Å². The molecule has 1 unspecified atom stereocenters. The highest BCUT2D eigenvalue weighted by Gasteiger charge is 2.35. The van der Waals surface area contributed by atoms with Crippen LogP contribution in [0, 0.1) is 5.92 Å². The van der Waals surface area contributed by atoms with E-state index in [0.717, 1.165) is 23.7 Å². The maximum atomic E-state index is 12.6. The Balaban J connectivity index is 1.94. The summed E-state index contributed by atoms with van der Waals surface area (Å²) in [5.41, 5.74) is 0.596. The molecule has 0 spiro atoms. The van der Waals surface area contributed by atoms with Crippen molar-refractivity contribution in [3.8, 4) is 0 Å². The van der Waals surface area contributed by atoms with Crippen LogP contribution in [0.3, 0.4) is 0 Å². The monoisotopic (exact) mass is 381 g/mol. The summed E-state index contributed by atoms with van der Waals surface area (Å²) in [5.74, 6) is 0.234. The summed E-state index contributed by atoms with van der Waals surface area (Å²) in [7, 11) is 0. The molecule has 0 radical (unpaired) electrons. The number of esters is 1. The van der Waals surface area contributed by atoms with Crippen LogP contribution in [-0.4, -0.2) is 36.0 Å². The van der Waals surface area contributed by atoms with E-state index < -0.39 is 6.04 Å². The second kappa shape index (κ2) is 8.48. The fraction of sp³-hybridized carbons (Fsp3) is 0.556.